The van der Waals surface area contributed by atoms with E-state index in [2.05, 4.69) is 4.52 Å². The monoisotopic (exact) mass is 348 g/mol. The number of hydrogen-bond acceptors (Lipinski definition) is 6. The number of phosphoric acid groups is 1. The number of carboxylic acid groups (broad SMARTS) is 2. The summed E-state index contributed by atoms with van der Waals surface area (Å²) < 4.78 is 19.5. The largest absolute Gasteiger partial charge is 0.478 e. The van der Waals surface area contributed by atoms with Crippen molar-refractivity contribution in [3.05, 3.63) is 34.9 Å². The van der Waals surface area contributed by atoms with Crippen molar-refractivity contribution in [1.29, 1.82) is 0 Å². The number of rotatable bonds is 7. The summed E-state index contributed by atoms with van der Waals surface area (Å²) in [6, 6.07) is 2.79. The van der Waals surface area contributed by atoms with Gasteiger partial charge in [-0.2, -0.15) is 0 Å². The van der Waals surface area contributed by atoms with E-state index >= 15 is 0 Å². The molecule has 0 saturated carbocycles. The van der Waals surface area contributed by atoms with E-state index in [1.165, 1.54) is 6.92 Å². The zero-order valence-corrected chi connectivity index (χ0v) is 12.6. The SMILES string of the molecule is CC(COC(=O)c1cc(C(=O)O)ccc1C(=O)O)OP(=O)(O)O. The topological polar surface area (TPSA) is 168 Å². The molecule has 1 atom stereocenters. The van der Waals surface area contributed by atoms with Crippen LogP contribution in [0.2, 0.25) is 0 Å². The maximum absolute atomic E-state index is 11.9. The van der Waals surface area contributed by atoms with Gasteiger partial charge in [-0.1, -0.05) is 0 Å². The smallest absolute Gasteiger partial charge is 0.469 e. The summed E-state index contributed by atoms with van der Waals surface area (Å²) in [5, 5.41) is 17.9. The quantitative estimate of drug-likeness (QED) is 0.407. The van der Waals surface area contributed by atoms with Crippen LogP contribution < -0.4 is 0 Å². The van der Waals surface area contributed by atoms with Gasteiger partial charge >= 0.3 is 25.7 Å². The van der Waals surface area contributed by atoms with Gasteiger partial charge in [0.25, 0.3) is 0 Å². The van der Waals surface area contributed by atoms with Gasteiger partial charge in [-0.05, 0) is 25.1 Å². The molecule has 0 spiro atoms. The number of benzene rings is 1. The van der Waals surface area contributed by atoms with Gasteiger partial charge in [-0.15, -0.1) is 0 Å². The van der Waals surface area contributed by atoms with Gasteiger partial charge in [0.1, 0.15) is 12.7 Å². The first-order valence-electron chi connectivity index (χ1n) is 6.03. The van der Waals surface area contributed by atoms with Gasteiger partial charge in [-0.3, -0.25) is 4.52 Å². The van der Waals surface area contributed by atoms with E-state index in [0.717, 1.165) is 18.2 Å². The third kappa shape index (κ3) is 5.80. The molecule has 0 aliphatic rings. The van der Waals surface area contributed by atoms with Crippen LogP contribution in [0.1, 0.15) is 38.0 Å². The first kappa shape index (κ1) is 18.8. The van der Waals surface area contributed by atoms with Crippen molar-refractivity contribution < 1.29 is 48.2 Å². The van der Waals surface area contributed by atoms with E-state index in [1.54, 1.807) is 0 Å². The number of carbonyl (C=O) groups is 3. The lowest BCUT2D eigenvalue weighted by atomic mass is 10.0. The van der Waals surface area contributed by atoms with Gasteiger partial charge < -0.3 is 24.7 Å². The van der Waals surface area contributed by atoms with Gasteiger partial charge in [-0.25, -0.2) is 18.9 Å². The second-order valence-corrected chi connectivity index (χ2v) is 5.57. The molecule has 0 aromatic heterocycles. The molecule has 0 aliphatic carbocycles. The highest BCUT2D eigenvalue weighted by Crippen LogP contribution is 2.37. The van der Waals surface area contributed by atoms with Gasteiger partial charge in [0.15, 0.2) is 0 Å². The highest BCUT2D eigenvalue weighted by Gasteiger charge is 2.23. The molecule has 1 unspecified atom stereocenters. The van der Waals surface area contributed by atoms with Crippen molar-refractivity contribution in [2.75, 3.05) is 6.61 Å². The molecule has 10 nitrogen and oxygen atoms in total. The van der Waals surface area contributed by atoms with Crippen LogP contribution in [0.5, 0.6) is 0 Å². The number of hydrogen-bond donors (Lipinski definition) is 4. The van der Waals surface area contributed by atoms with Crippen LogP contribution in [0.3, 0.4) is 0 Å². The molecule has 0 radical (unpaired) electrons. The maximum Gasteiger partial charge on any atom is 0.469 e. The Balaban J connectivity index is 2.93. The van der Waals surface area contributed by atoms with E-state index < -0.39 is 49.6 Å². The molecule has 0 amide bonds. The fourth-order valence-electron chi connectivity index (χ4n) is 1.57. The number of carboxylic acids is 2. The zero-order chi connectivity index (χ0) is 17.8. The van der Waals surface area contributed by atoms with Gasteiger partial charge in [0, 0.05) is 0 Å². The summed E-state index contributed by atoms with van der Waals surface area (Å²) in [6.07, 6.45) is -1.16. The molecule has 0 aliphatic heterocycles. The van der Waals surface area contributed by atoms with Crippen LogP contribution in [0, 0.1) is 0 Å². The molecule has 1 rings (SSSR count). The molecule has 0 heterocycles. The Morgan fingerprint density at radius 2 is 1.74 bits per heavy atom. The predicted octanol–water partition coefficient (Wildman–Crippen LogP) is 0.738. The average molecular weight is 348 g/mol. The second kappa shape index (κ2) is 7.34. The van der Waals surface area contributed by atoms with Crippen LogP contribution in [0.4, 0.5) is 0 Å². The van der Waals surface area contributed by atoms with Gasteiger partial charge in [0.2, 0.25) is 0 Å². The first-order chi connectivity index (χ1) is 10.5. The van der Waals surface area contributed by atoms with E-state index in [-0.39, 0.29) is 5.56 Å². The Morgan fingerprint density at radius 3 is 2.22 bits per heavy atom. The van der Waals surface area contributed by atoms with Crippen LogP contribution in [0.25, 0.3) is 0 Å². The fraction of sp³-hybridized carbons (Fsp3) is 0.250. The van der Waals surface area contributed by atoms with Crippen LogP contribution >= 0.6 is 7.82 Å². The van der Waals surface area contributed by atoms with E-state index in [1.807, 2.05) is 0 Å². The average Bonchev–Trinajstić information content (AvgIpc) is 2.42. The Morgan fingerprint density at radius 1 is 1.13 bits per heavy atom. The molecular formula is C12H13O10P. The number of esters is 1. The predicted molar refractivity (Wildman–Crippen MR) is 73.2 cm³/mol. The summed E-state index contributed by atoms with van der Waals surface area (Å²) in [7, 11) is -4.76. The standard InChI is InChI=1S/C12H13O10P/c1-6(22-23(18,19)20)5-21-12(17)9-4-7(10(13)14)2-3-8(9)11(15)16/h2-4,6H,5H2,1H3,(H,13,14)(H,15,16)(H2,18,19,20). The highest BCUT2D eigenvalue weighted by atomic mass is 31.2. The third-order valence-electron chi connectivity index (χ3n) is 2.48. The Bertz CT molecular complexity index is 676. The minimum atomic E-state index is -4.76. The normalized spacial score (nSPS) is 12.5. The Kier molecular flexibility index (Phi) is 5.99. The van der Waals surface area contributed by atoms with Crippen molar-refractivity contribution in [3.8, 4) is 0 Å². The molecule has 126 valence electrons. The molecule has 1 aromatic carbocycles. The first-order valence-corrected chi connectivity index (χ1v) is 7.56. The number of phosphoric ester groups is 1. The lowest BCUT2D eigenvalue weighted by Gasteiger charge is -2.14. The maximum atomic E-state index is 11.9. The van der Waals surface area contributed by atoms with E-state index in [4.69, 9.17) is 24.7 Å². The molecule has 0 bridgehead atoms. The van der Waals surface area contributed by atoms with Crippen molar-refractivity contribution in [2.45, 2.75) is 13.0 Å². The van der Waals surface area contributed by atoms with Crippen LogP contribution in [0.15, 0.2) is 18.2 Å². The summed E-state index contributed by atoms with van der Waals surface area (Å²) in [5.41, 5.74) is -1.29. The molecule has 23 heavy (non-hydrogen) atoms. The van der Waals surface area contributed by atoms with Crippen molar-refractivity contribution in [3.63, 3.8) is 0 Å². The van der Waals surface area contributed by atoms with E-state index in [0.29, 0.717) is 0 Å². The Hall–Kier alpha value is -2.26. The van der Waals surface area contributed by atoms with Crippen LogP contribution in [-0.4, -0.2) is 50.6 Å². The number of aromatic carboxylic acids is 2. The minimum absolute atomic E-state index is 0.318. The lowest BCUT2D eigenvalue weighted by Crippen LogP contribution is -2.20. The number of ether oxygens (including phenoxy) is 1. The molecule has 11 heteroatoms. The van der Waals surface area contributed by atoms with Crippen LogP contribution in [-0.2, 0) is 13.8 Å². The van der Waals surface area contributed by atoms with Gasteiger partial charge in [0.05, 0.1) is 16.7 Å². The fourth-order valence-corrected chi connectivity index (χ4v) is 2.10. The van der Waals surface area contributed by atoms with Crippen molar-refractivity contribution >= 4 is 25.7 Å². The van der Waals surface area contributed by atoms with Crippen molar-refractivity contribution in [2.24, 2.45) is 0 Å². The van der Waals surface area contributed by atoms with Crippen molar-refractivity contribution in [1.82, 2.24) is 0 Å². The summed E-state index contributed by atoms with van der Waals surface area (Å²) in [6.45, 7) is 0.651. The minimum Gasteiger partial charge on any atom is -0.478 e. The zero-order valence-electron chi connectivity index (χ0n) is 11.7. The molecule has 0 fully saturated rings. The lowest BCUT2D eigenvalue weighted by molar-refractivity contribution is 0.0278. The Labute approximate surface area is 129 Å². The molecule has 4 N–H and O–H groups in total. The van der Waals surface area contributed by atoms with E-state index in [9.17, 15) is 18.9 Å². The highest BCUT2D eigenvalue weighted by molar-refractivity contribution is 7.46. The second-order valence-electron chi connectivity index (χ2n) is 4.38. The molecule has 1 aromatic rings. The number of carbonyl (C=O) groups excluding carboxylic acids is 1. The third-order valence-corrected chi connectivity index (χ3v) is 3.12. The summed E-state index contributed by atoms with van der Waals surface area (Å²) in [5.74, 6) is -3.99. The summed E-state index contributed by atoms with van der Waals surface area (Å²) >= 11 is 0. The molecular weight excluding hydrogens is 335 g/mol. The molecule has 0 saturated heterocycles. The summed E-state index contributed by atoms with van der Waals surface area (Å²) in [4.78, 5) is 51.0.